The topological polar surface area (TPSA) is 62.2 Å². The lowest BCUT2D eigenvalue weighted by Crippen LogP contribution is -2.14. The molecule has 0 fully saturated rings. The molecule has 0 unspecified atom stereocenters. The quantitative estimate of drug-likeness (QED) is 0.609. The van der Waals surface area contributed by atoms with Crippen LogP contribution in [0.15, 0.2) is 60.9 Å². The van der Waals surface area contributed by atoms with E-state index in [1.807, 2.05) is 30.3 Å². The van der Waals surface area contributed by atoms with Gasteiger partial charge < -0.3 is 10.4 Å². The van der Waals surface area contributed by atoms with Crippen molar-refractivity contribution >= 4 is 11.6 Å². The maximum Gasteiger partial charge on any atom is 0.255 e. The molecule has 24 heavy (non-hydrogen) atoms. The molecule has 4 nitrogen and oxygen atoms in total. The van der Waals surface area contributed by atoms with Gasteiger partial charge in [0.2, 0.25) is 0 Å². The summed E-state index contributed by atoms with van der Waals surface area (Å²) < 4.78 is 0. The highest BCUT2D eigenvalue weighted by Crippen LogP contribution is 2.36. The number of amides is 1. The van der Waals surface area contributed by atoms with Crippen molar-refractivity contribution in [3.63, 3.8) is 0 Å². The van der Waals surface area contributed by atoms with Crippen LogP contribution >= 0.6 is 0 Å². The van der Waals surface area contributed by atoms with Crippen LogP contribution in [0, 0.1) is 0 Å². The normalized spacial score (nSPS) is 11.7. The van der Waals surface area contributed by atoms with Gasteiger partial charge in [0.05, 0.1) is 18.5 Å². The van der Waals surface area contributed by atoms with E-state index in [-0.39, 0.29) is 12.5 Å². The Morgan fingerprint density at radius 3 is 2.79 bits per heavy atom. The fourth-order valence-corrected chi connectivity index (χ4v) is 3.15. The van der Waals surface area contributed by atoms with Crippen molar-refractivity contribution in [1.29, 1.82) is 0 Å². The molecule has 0 spiro atoms. The molecule has 0 radical (unpaired) electrons. The molecule has 4 rings (SSSR count). The summed E-state index contributed by atoms with van der Waals surface area (Å²) in [5.74, 6) is -0.198. The molecule has 1 aliphatic carbocycles. The molecule has 1 aromatic heterocycles. The second kappa shape index (κ2) is 5.91. The summed E-state index contributed by atoms with van der Waals surface area (Å²) in [5.41, 5.74) is 6.68. The lowest BCUT2D eigenvalue weighted by Gasteiger charge is -2.10. The molecular weight excluding hydrogens is 300 g/mol. The number of hydrogen-bond acceptors (Lipinski definition) is 3. The first-order chi connectivity index (χ1) is 11.8. The van der Waals surface area contributed by atoms with Crippen LogP contribution in [-0.4, -0.2) is 16.0 Å². The number of nitrogens with zero attached hydrogens (tertiary/aromatic N) is 1. The molecule has 1 aliphatic rings. The zero-order valence-electron chi connectivity index (χ0n) is 13.0. The molecular formula is C20H16N2O2. The average molecular weight is 316 g/mol. The number of aliphatic hydroxyl groups excluding tert-OH is 1. The Hall–Kier alpha value is -2.98. The largest absolute Gasteiger partial charge is 0.392 e. The molecule has 0 aliphatic heterocycles. The summed E-state index contributed by atoms with van der Waals surface area (Å²) in [6.07, 6.45) is 3.99. The van der Waals surface area contributed by atoms with E-state index in [0.29, 0.717) is 16.8 Å². The van der Waals surface area contributed by atoms with Crippen molar-refractivity contribution in [1.82, 2.24) is 4.98 Å². The minimum absolute atomic E-state index is 0.141. The van der Waals surface area contributed by atoms with Crippen LogP contribution in [0.25, 0.3) is 11.1 Å². The molecule has 0 saturated heterocycles. The smallest absolute Gasteiger partial charge is 0.255 e. The first kappa shape index (κ1) is 14.6. The molecule has 0 atom stereocenters. The number of aliphatic hydroxyl groups is 1. The van der Waals surface area contributed by atoms with E-state index < -0.39 is 0 Å². The number of anilines is 1. The molecule has 0 bridgehead atoms. The number of fused-ring (bicyclic) bond motifs is 3. The van der Waals surface area contributed by atoms with E-state index in [0.717, 1.165) is 12.0 Å². The van der Waals surface area contributed by atoms with Crippen molar-refractivity contribution in [2.45, 2.75) is 13.0 Å². The zero-order chi connectivity index (χ0) is 16.5. The number of pyridine rings is 1. The highest BCUT2D eigenvalue weighted by Gasteiger charge is 2.19. The molecule has 1 heterocycles. The summed E-state index contributed by atoms with van der Waals surface area (Å²) in [4.78, 5) is 16.5. The third kappa shape index (κ3) is 2.47. The Kier molecular flexibility index (Phi) is 3.59. The lowest BCUT2D eigenvalue weighted by molar-refractivity contribution is 0.102. The lowest BCUT2D eigenvalue weighted by atomic mass is 10.0. The summed E-state index contributed by atoms with van der Waals surface area (Å²) >= 11 is 0. The van der Waals surface area contributed by atoms with Gasteiger partial charge in [0.25, 0.3) is 5.91 Å². The minimum atomic E-state index is -0.198. The zero-order valence-corrected chi connectivity index (χ0v) is 13.0. The fourth-order valence-electron chi connectivity index (χ4n) is 3.15. The van der Waals surface area contributed by atoms with Crippen LogP contribution in [-0.2, 0) is 13.0 Å². The minimum Gasteiger partial charge on any atom is -0.392 e. The number of nitrogens with one attached hydrogen (secondary N) is 1. The standard InChI is InChI=1S/C20H16N2O2/c23-12-15-7-8-21-11-19(15)22-20(24)14-5-6-18-16(10-14)9-13-3-1-2-4-17(13)18/h1-8,10-11,23H,9,12H2,(H,22,24). The second-order valence-electron chi connectivity index (χ2n) is 5.85. The SMILES string of the molecule is O=C(Nc1cnccc1CO)c1ccc2c(c1)Cc1ccccc1-2. The number of benzene rings is 2. The van der Waals surface area contributed by atoms with Crippen LogP contribution in [0.1, 0.15) is 27.0 Å². The Morgan fingerprint density at radius 1 is 1.08 bits per heavy atom. The average Bonchev–Trinajstić information content (AvgIpc) is 3.00. The van der Waals surface area contributed by atoms with Crippen molar-refractivity contribution in [2.75, 3.05) is 5.32 Å². The molecule has 118 valence electrons. The van der Waals surface area contributed by atoms with E-state index in [4.69, 9.17) is 0 Å². The van der Waals surface area contributed by atoms with Crippen molar-refractivity contribution in [3.8, 4) is 11.1 Å². The Bertz CT molecular complexity index is 934. The fraction of sp³-hybridized carbons (Fsp3) is 0.100. The Morgan fingerprint density at radius 2 is 1.92 bits per heavy atom. The van der Waals surface area contributed by atoms with E-state index in [9.17, 15) is 9.90 Å². The number of carbonyl (C=O) groups is 1. The highest BCUT2D eigenvalue weighted by atomic mass is 16.3. The number of carbonyl (C=O) groups excluding carboxylic acids is 1. The van der Waals surface area contributed by atoms with Gasteiger partial charge in [0, 0.05) is 17.3 Å². The highest BCUT2D eigenvalue weighted by molar-refractivity contribution is 6.05. The monoisotopic (exact) mass is 316 g/mol. The predicted molar refractivity (Wildman–Crippen MR) is 92.8 cm³/mol. The molecule has 3 aromatic rings. The summed E-state index contributed by atoms with van der Waals surface area (Å²) in [6, 6.07) is 15.8. The van der Waals surface area contributed by atoms with Gasteiger partial charge in [-0.2, -0.15) is 0 Å². The number of hydrogen-bond donors (Lipinski definition) is 2. The van der Waals surface area contributed by atoms with Gasteiger partial charge in [-0.25, -0.2) is 0 Å². The number of rotatable bonds is 3. The molecule has 4 heteroatoms. The maximum absolute atomic E-state index is 12.5. The van der Waals surface area contributed by atoms with Crippen LogP contribution in [0.5, 0.6) is 0 Å². The van der Waals surface area contributed by atoms with E-state index >= 15 is 0 Å². The summed E-state index contributed by atoms with van der Waals surface area (Å²) in [5, 5.41) is 12.2. The van der Waals surface area contributed by atoms with Crippen LogP contribution in [0.4, 0.5) is 5.69 Å². The predicted octanol–water partition coefficient (Wildman–Crippen LogP) is 3.40. The third-order valence-corrected chi connectivity index (χ3v) is 4.39. The summed E-state index contributed by atoms with van der Waals surface area (Å²) in [7, 11) is 0. The Balaban J connectivity index is 1.62. The van der Waals surface area contributed by atoms with Gasteiger partial charge in [0.1, 0.15) is 0 Å². The van der Waals surface area contributed by atoms with Gasteiger partial charge in [-0.05, 0) is 46.9 Å². The van der Waals surface area contributed by atoms with Crippen LogP contribution < -0.4 is 5.32 Å². The molecule has 1 amide bonds. The molecule has 0 saturated carbocycles. The van der Waals surface area contributed by atoms with Crippen molar-refractivity contribution < 1.29 is 9.90 Å². The van der Waals surface area contributed by atoms with Gasteiger partial charge in [-0.1, -0.05) is 30.3 Å². The molecule has 2 aromatic carbocycles. The van der Waals surface area contributed by atoms with Gasteiger partial charge in [0.15, 0.2) is 0 Å². The summed E-state index contributed by atoms with van der Waals surface area (Å²) in [6.45, 7) is -0.141. The van der Waals surface area contributed by atoms with E-state index in [1.165, 1.54) is 16.7 Å². The van der Waals surface area contributed by atoms with Crippen LogP contribution in [0.3, 0.4) is 0 Å². The van der Waals surface area contributed by atoms with E-state index in [1.54, 1.807) is 18.5 Å². The first-order valence-electron chi connectivity index (χ1n) is 7.82. The van der Waals surface area contributed by atoms with Crippen molar-refractivity contribution in [2.24, 2.45) is 0 Å². The second-order valence-corrected chi connectivity index (χ2v) is 5.85. The van der Waals surface area contributed by atoms with Gasteiger partial charge in [-0.15, -0.1) is 0 Å². The van der Waals surface area contributed by atoms with Gasteiger partial charge in [-0.3, -0.25) is 9.78 Å². The third-order valence-electron chi connectivity index (χ3n) is 4.39. The van der Waals surface area contributed by atoms with Crippen molar-refractivity contribution in [3.05, 3.63) is 83.2 Å². The first-order valence-corrected chi connectivity index (χ1v) is 7.82. The number of aromatic nitrogens is 1. The van der Waals surface area contributed by atoms with Gasteiger partial charge >= 0.3 is 0 Å². The van der Waals surface area contributed by atoms with Crippen LogP contribution in [0.2, 0.25) is 0 Å². The maximum atomic E-state index is 12.5. The molecule has 2 N–H and O–H groups in total. The Labute approximate surface area is 139 Å². The van der Waals surface area contributed by atoms with E-state index in [2.05, 4.69) is 22.4 Å².